The second kappa shape index (κ2) is 8.04. The molecule has 0 radical (unpaired) electrons. The summed E-state index contributed by atoms with van der Waals surface area (Å²) in [4.78, 5) is 30.4. The fourth-order valence-corrected chi connectivity index (χ4v) is 4.72. The number of amides is 2. The molecule has 0 unspecified atom stereocenters. The van der Waals surface area contributed by atoms with Crippen LogP contribution in [0.15, 0.2) is 0 Å². The van der Waals surface area contributed by atoms with Gasteiger partial charge in [0.1, 0.15) is 0 Å². The second-order valence-electron chi connectivity index (χ2n) is 8.49. The Hall–Kier alpha value is -1.14. The van der Waals surface area contributed by atoms with Crippen molar-refractivity contribution in [3.63, 3.8) is 0 Å². The Bertz CT molecular complexity index is 472. The van der Waals surface area contributed by atoms with Gasteiger partial charge in [-0.25, -0.2) is 0 Å². The molecule has 0 atom stereocenters. The van der Waals surface area contributed by atoms with Gasteiger partial charge in [0.05, 0.1) is 0 Å². The molecule has 6 nitrogen and oxygen atoms in total. The number of likely N-dealkylation sites (N-methyl/N-ethyl adjacent to an activating group) is 1. The zero-order valence-corrected chi connectivity index (χ0v) is 15.9. The summed E-state index contributed by atoms with van der Waals surface area (Å²) in [5.41, 5.74) is 0.456. The van der Waals surface area contributed by atoms with Crippen LogP contribution < -0.4 is 5.32 Å². The maximum atomic E-state index is 12.5. The molecule has 2 saturated heterocycles. The number of piperazine rings is 1. The van der Waals surface area contributed by atoms with Crippen molar-refractivity contribution in [3.8, 4) is 0 Å². The summed E-state index contributed by atoms with van der Waals surface area (Å²) in [5, 5.41) is 2.94. The Morgan fingerprint density at radius 2 is 1.68 bits per heavy atom. The topological polar surface area (TPSA) is 55.9 Å². The number of nitrogens with zero attached hydrogens (tertiary/aromatic N) is 3. The molecule has 1 spiro atoms. The van der Waals surface area contributed by atoms with Gasteiger partial charge < -0.3 is 20.0 Å². The Morgan fingerprint density at radius 3 is 2.28 bits per heavy atom. The van der Waals surface area contributed by atoms with Crippen molar-refractivity contribution in [1.82, 2.24) is 20.0 Å². The van der Waals surface area contributed by atoms with E-state index < -0.39 is 0 Å². The van der Waals surface area contributed by atoms with Crippen molar-refractivity contribution in [1.29, 1.82) is 0 Å². The number of hydrogen-bond acceptors (Lipinski definition) is 4. The number of carbonyl (C=O) groups excluding carboxylic acids is 2. The lowest BCUT2D eigenvalue weighted by Gasteiger charge is -2.52. The maximum absolute atomic E-state index is 12.5. The molecule has 3 rings (SSSR count). The number of likely N-dealkylation sites (tertiary alicyclic amines) is 1. The van der Waals surface area contributed by atoms with Gasteiger partial charge in [-0.05, 0) is 44.1 Å². The van der Waals surface area contributed by atoms with E-state index in [0.29, 0.717) is 23.7 Å². The third-order valence-corrected chi connectivity index (χ3v) is 6.50. The van der Waals surface area contributed by atoms with Crippen LogP contribution >= 0.6 is 0 Å². The highest BCUT2D eigenvalue weighted by molar-refractivity contribution is 5.76. The molecule has 6 heteroatoms. The van der Waals surface area contributed by atoms with Crippen LogP contribution in [0, 0.1) is 11.3 Å². The van der Waals surface area contributed by atoms with Gasteiger partial charge in [-0.2, -0.15) is 0 Å². The highest BCUT2D eigenvalue weighted by atomic mass is 16.2. The molecule has 25 heavy (non-hydrogen) atoms. The lowest BCUT2D eigenvalue weighted by Crippen LogP contribution is -2.51. The largest absolute Gasteiger partial charge is 0.356 e. The van der Waals surface area contributed by atoms with E-state index in [1.807, 2.05) is 0 Å². The van der Waals surface area contributed by atoms with E-state index in [9.17, 15) is 9.59 Å². The summed E-state index contributed by atoms with van der Waals surface area (Å²) in [6.45, 7) is 9.56. The van der Waals surface area contributed by atoms with Crippen molar-refractivity contribution in [2.45, 2.75) is 39.0 Å². The van der Waals surface area contributed by atoms with Crippen LogP contribution in [-0.2, 0) is 9.59 Å². The van der Waals surface area contributed by atoms with Crippen molar-refractivity contribution in [2.75, 3.05) is 59.4 Å². The molecule has 142 valence electrons. The number of carbonyl (C=O) groups is 2. The molecule has 1 aliphatic carbocycles. The fourth-order valence-electron chi connectivity index (χ4n) is 4.72. The van der Waals surface area contributed by atoms with E-state index in [1.165, 1.54) is 12.8 Å². The van der Waals surface area contributed by atoms with E-state index >= 15 is 0 Å². The number of nitrogens with one attached hydrogen (secondary N) is 1. The lowest BCUT2D eigenvalue weighted by molar-refractivity contribution is -0.136. The highest BCUT2D eigenvalue weighted by Crippen LogP contribution is 2.52. The summed E-state index contributed by atoms with van der Waals surface area (Å²) in [6.07, 6.45) is 5.39. The second-order valence-corrected chi connectivity index (χ2v) is 8.49. The molecule has 2 heterocycles. The first kappa shape index (κ1) is 18.6. The number of rotatable bonds is 5. The van der Waals surface area contributed by atoms with Crippen molar-refractivity contribution in [3.05, 3.63) is 0 Å². The molecule has 2 aliphatic heterocycles. The van der Waals surface area contributed by atoms with Crippen LogP contribution in [0.2, 0.25) is 0 Å². The van der Waals surface area contributed by atoms with Crippen molar-refractivity contribution < 1.29 is 9.59 Å². The summed E-state index contributed by atoms with van der Waals surface area (Å²) in [7, 11) is 2.16. The molecular weight excluding hydrogens is 316 g/mol. The monoisotopic (exact) mass is 350 g/mol. The minimum atomic E-state index is 0.0710. The van der Waals surface area contributed by atoms with Crippen LogP contribution in [-0.4, -0.2) is 85.9 Å². The summed E-state index contributed by atoms with van der Waals surface area (Å²) < 4.78 is 0. The number of hydrogen-bond donors (Lipinski definition) is 1. The van der Waals surface area contributed by atoms with Gasteiger partial charge in [-0.15, -0.1) is 0 Å². The Balaban J connectivity index is 1.32. The standard InChI is InChI=1S/C19H34N4O2/c1-16(24)20-15-17-13-19(14-17)4-7-23(8-5-19)18(25)3-6-22-11-9-21(2)10-12-22/h17H,3-15H2,1-2H3,(H,20,24). The smallest absolute Gasteiger partial charge is 0.223 e. The molecule has 0 aromatic heterocycles. The molecule has 1 N–H and O–H groups in total. The molecule has 0 bridgehead atoms. The molecule has 3 aliphatic rings. The number of piperidine rings is 1. The Kier molecular flexibility index (Phi) is 6.00. The first-order valence-electron chi connectivity index (χ1n) is 9.89. The average molecular weight is 351 g/mol. The van der Waals surface area contributed by atoms with Gasteiger partial charge in [-0.1, -0.05) is 0 Å². The Morgan fingerprint density at radius 1 is 1.04 bits per heavy atom. The van der Waals surface area contributed by atoms with Crippen LogP contribution in [0.4, 0.5) is 0 Å². The summed E-state index contributed by atoms with van der Waals surface area (Å²) in [6, 6.07) is 0. The van der Waals surface area contributed by atoms with Gasteiger partial charge in [0, 0.05) is 65.7 Å². The predicted molar refractivity (Wildman–Crippen MR) is 98.2 cm³/mol. The minimum Gasteiger partial charge on any atom is -0.356 e. The minimum absolute atomic E-state index is 0.0710. The van der Waals surface area contributed by atoms with Crippen molar-refractivity contribution in [2.24, 2.45) is 11.3 Å². The van der Waals surface area contributed by atoms with Gasteiger partial charge >= 0.3 is 0 Å². The van der Waals surface area contributed by atoms with Gasteiger partial charge in [-0.3, -0.25) is 9.59 Å². The van der Waals surface area contributed by atoms with Crippen LogP contribution in [0.25, 0.3) is 0 Å². The first-order valence-corrected chi connectivity index (χ1v) is 9.89. The van der Waals surface area contributed by atoms with Crippen LogP contribution in [0.1, 0.15) is 39.0 Å². The Labute approximate surface area is 151 Å². The lowest BCUT2D eigenvalue weighted by atomic mass is 9.57. The third kappa shape index (κ3) is 4.94. The molecule has 2 amide bonds. The normalized spacial score (nSPS) is 25.0. The van der Waals surface area contributed by atoms with E-state index in [1.54, 1.807) is 6.92 Å². The molecular formula is C19H34N4O2. The summed E-state index contributed by atoms with van der Waals surface area (Å²) >= 11 is 0. The third-order valence-electron chi connectivity index (χ3n) is 6.50. The molecule has 3 fully saturated rings. The first-order chi connectivity index (χ1) is 12.0. The van der Waals surface area contributed by atoms with Gasteiger partial charge in [0.15, 0.2) is 0 Å². The summed E-state index contributed by atoms with van der Waals surface area (Å²) in [5.74, 6) is 1.05. The maximum Gasteiger partial charge on any atom is 0.223 e. The van der Waals surface area contributed by atoms with Gasteiger partial charge in [0.25, 0.3) is 0 Å². The van der Waals surface area contributed by atoms with Crippen LogP contribution in [0.3, 0.4) is 0 Å². The van der Waals surface area contributed by atoms with Gasteiger partial charge in [0.2, 0.25) is 11.8 Å². The molecule has 1 saturated carbocycles. The quantitative estimate of drug-likeness (QED) is 0.796. The molecule has 0 aromatic rings. The van der Waals surface area contributed by atoms with Crippen LogP contribution in [0.5, 0.6) is 0 Å². The molecule has 0 aromatic carbocycles. The average Bonchev–Trinajstić information content (AvgIpc) is 2.57. The zero-order valence-electron chi connectivity index (χ0n) is 15.9. The predicted octanol–water partition coefficient (Wildman–Crippen LogP) is 0.779. The fraction of sp³-hybridized carbons (Fsp3) is 0.895. The van der Waals surface area contributed by atoms with E-state index in [0.717, 1.165) is 65.2 Å². The zero-order chi connectivity index (χ0) is 17.9. The van der Waals surface area contributed by atoms with E-state index in [4.69, 9.17) is 0 Å². The SMILES string of the molecule is CC(=O)NCC1CC2(CCN(C(=O)CCN3CCN(C)CC3)CC2)C1. The van der Waals surface area contributed by atoms with E-state index in [2.05, 4.69) is 27.1 Å². The van der Waals surface area contributed by atoms with Crippen molar-refractivity contribution >= 4 is 11.8 Å². The highest BCUT2D eigenvalue weighted by Gasteiger charge is 2.45. The van der Waals surface area contributed by atoms with E-state index in [-0.39, 0.29) is 5.91 Å².